The molecule has 5 rings (SSSR count). The van der Waals surface area contributed by atoms with Crippen molar-refractivity contribution in [2.45, 2.75) is 33.1 Å². The first-order valence-corrected chi connectivity index (χ1v) is 11.6. The Morgan fingerprint density at radius 3 is 2.32 bits per heavy atom. The predicted octanol–water partition coefficient (Wildman–Crippen LogP) is 3.72. The number of carbonyl (C=O) groups excluding carboxylic acids is 4. The Kier molecular flexibility index (Phi) is 5.55. The highest BCUT2D eigenvalue weighted by Gasteiger charge is 2.48. The zero-order valence-electron chi connectivity index (χ0n) is 19.2. The molecule has 3 aliphatic rings. The number of rotatable bonds is 4. The Morgan fingerprint density at radius 1 is 0.941 bits per heavy atom. The molecular weight excluding hydrogens is 432 g/mol. The third kappa shape index (κ3) is 3.81. The summed E-state index contributed by atoms with van der Waals surface area (Å²) in [4.78, 5) is 54.1. The van der Waals surface area contributed by atoms with Crippen LogP contribution in [-0.4, -0.2) is 30.2 Å². The van der Waals surface area contributed by atoms with E-state index in [0.29, 0.717) is 18.5 Å². The van der Waals surface area contributed by atoms with Crippen molar-refractivity contribution in [3.05, 3.63) is 65.7 Å². The normalized spacial score (nSPS) is 24.1. The van der Waals surface area contributed by atoms with E-state index in [1.165, 1.54) is 11.0 Å². The van der Waals surface area contributed by atoms with Gasteiger partial charge in [-0.25, -0.2) is 4.90 Å². The van der Waals surface area contributed by atoms with Gasteiger partial charge in [0, 0.05) is 24.7 Å². The summed E-state index contributed by atoms with van der Waals surface area (Å²) < 4.78 is 5.59. The van der Waals surface area contributed by atoms with Gasteiger partial charge < -0.3 is 9.64 Å². The molecule has 0 saturated carbocycles. The molecule has 1 aliphatic carbocycles. The zero-order chi connectivity index (χ0) is 24.0. The lowest BCUT2D eigenvalue weighted by molar-refractivity contribution is -0.139. The van der Waals surface area contributed by atoms with Crippen LogP contribution in [0.15, 0.2) is 54.6 Å². The molecule has 2 aromatic carbocycles. The topological polar surface area (TPSA) is 84.0 Å². The molecule has 2 aromatic rings. The van der Waals surface area contributed by atoms with Crippen LogP contribution in [0.25, 0.3) is 0 Å². The molecule has 7 nitrogen and oxygen atoms in total. The van der Waals surface area contributed by atoms with E-state index in [-0.39, 0.29) is 48.3 Å². The lowest BCUT2D eigenvalue weighted by atomic mass is 9.85. The molecule has 0 unspecified atom stereocenters. The summed E-state index contributed by atoms with van der Waals surface area (Å²) in [5.74, 6) is -2.06. The first-order valence-electron chi connectivity index (χ1n) is 11.6. The summed E-state index contributed by atoms with van der Waals surface area (Å²) in [5.41, 5.74) is 3.28. The van der Waals surface area contributed by atoms with E-state index in [9.17, 15) is 19.2 Å². The molecule has 2 aliphatic heterocycles. The average molecular weight is 459 g/mol. The van der Waals surface area contributed by atoms with Gasteiger partial charge in [-0.1, -0.05) is 35.9 Å². The minimum absolute atomic E-state index is 0.0747. The Morgan fingerprint density at radius 2 is 1.65 bits per heavy atom. The van der Waals surface area contributed by atoms with Crippen molar-refractivity contribution < 1.29 is 23.9 Å². The monoisotopic (exact) mass is 458 g/mol. The van der Waals surface area contributed by atoms with Crippen LogP contribution >= 0.6 is 0 Å². The lowest BCUT2D eigenvalue weighted by Gasteiger charge is -2.19. The molecule has 0 spiro atoms. The van der Waals surface area contributed by atoms with Crippen LogP contribution in [0.3, 0.4) is 0 Å². The van der Waals surface area contributed by atoms with Crippen molar-refractivity contribution >= 4 is 35.1 Å². The smallest absolute Gasteiger partial charge is 0.316 e. The summed E-state index contributed by atoms with van der Waals surface area (Å²) in [7, 11) is 0. The molecule has 0 radical (unpaired) electrons. The van der Waals surface area contributed by atoms with Crippen molar-refractivity contribution in [1.82, 2.24) is 0 Å². The van der Waals surface area contributed by atoms with E-state index in [2.05, 4.69) is 0 Å². The van der Waals surface area contributed by atoms with E-state index >= 15 is 0 Å². The number of carbonyl (C=O) groups is 4. The molecular formula is C27H26N2O5. The number of anilines is 2. The molecule has 7 heteroatoms. The number of esters is 1. The van der Waals surface area contributed by atoms with Crippen molar-refractivity contribution in [2.75, 3.05) is 16.3 Å². The number of hydrogen-bond acceptors (Lipinski definition) is 5. The summed E-state index contributed by atoms with van der Waals surface area (Å²) in [6, 6.07) is 12.3. The van der Waals surface area contributed by atoms with E-state index in [4.69, 9.17) is 4.74 Å². The zero-order valence-corrected chi connectivity index (χ0v) is 19.2. The van der Waals surface area contributed by atoms with Crippen molar-refractivity contribution in [2.24, 2.45) is 17.8 Å². The van der Waals surface area contributed by atoms with E-state index in [1.807, 2.05) is 44.2 Å². The highest BCUT2D eigenvalue weighted by atomic mass is 16.5. The molecule has 0 aromatic heterocycles. The van der Waals surface area contributed by atoms with Crippen LogP contribution in [-0.2, 0) is 19.2 Å². The average Bonchev–Trinajstić information content (AvgIpc) is 3.32. The van der Waals surface area contributed by atoms with Crippen LogP contribution in [0.1, 0.15) is 30.4 Å². The first-order chi connectivity index (χ1) is 16.3. The van der Waals surface area contributed by atoms with Crippen molar-refractivity contribution in [3.63, 3.8) is 0 Å². The van der Waals surface area contributed by atoms with Gasteiger partial charge in [-0.05, 0) is 50.5 Å². The number of ether oxygens (including phenoxy) is 1. The molecule has 3 atom stereocenters. The first kappa shape index (κ1) is 22.1. The molecule has 2 fully saturated rings. The number of aryl methyl sites for hydroxylation is 2. The highest BCUT2D eigenvalue weighted by Crippen LogP contribution is 2.38. The van der Waals surface area contributed by atoms with Crippen LogP contribution in [0.4, 0.5) is 11.4 Å². The molecule has 2 heterocycles. The Bertz CT molecular complexity index is 1210. The largest absolute Gasteiger partial charge is 0.426 e. The van der Waals surface area contributed by atoms with Gasteiger partial charge in [-0.2, -0.15) is 0 Å². The Labute approximate surface area is 198 Å². The SMILES string of the molecule is Cc1ccc(N2C[C@H](C(=O)Oc3cccc(N4C(=O)[C@H]5CC=CC[C@@H]5C4=O)c3)CC2=O)c(C)c1. The van der Waals surface area contributed by atoms with Gasteiger partial charge in [0.2, 0.25) is 17.7 Å². The second-order valence-electron chi connectivity index (χ2n) is 9.28. The number of imide groups is 1. The molecule has 34 heavy (non-hydrogen) atoms. The van der Waals surface area contributed by atoms with Crippen molar-refractivity contribution in [3.8, 4) is 5.75 Å². The maximum absolute atomic E-state index is 12.9. The summed E-state index contributed by atoms with van der Waals surface area (Å²) in [5, 5.41) is 0. The number of amides is 3. The maximum Gasteiger partial charge on any atom is 0.316 e. The number of fused-ring (bicyclic) bond motifs is 1. The van der Waals surface area contributed by atoms with E-state index in [0.717, 1.165) is 16.8 Å². The minimum atomic E-state index is -0.596. The Hall–Kier alpha value is -3.74. The van der Waals surface area contributed by atoms with Gasteiger partial charge in [0.05, 0.1) is 23.4 Å². The summed E-state index contributed by atoms with van der Waals surface area (Å²) in [6.45, 7) is 4.19. The fraction of sp³-hybridized carbons (Fsp3) is 0.333. The quantitative estimate of drug-likeness (QED) is 0.302. The second kappa shape index (κ2) is 8.56. The third-order valence-corrected chi connectivity index (χ3v) is 6.90. The van der Waals surface area contributed by atoms with E-state index in [1.54, 1.807) is 23.1 Å². The van der Waals surface area contributed by atoms with Crippen LogP contribution in [0, 0.1) is 31.6 Å². The van der Waals surface area contributed by atoms with Gasteiger partial charge >= 0.3 is 5.97 Å². The van der Waals surface area contributed by atoms with Gasteiger partial charge in [0.1, 0.15) is 5.75 Å². The number of allylic oxidation sites excluding steroid dienone is 2. The van der Waals surface area contributed by atoms with E-state index < -0.39 is 11.9 Å². The van der Waals surface area contributed by atoms with Gasteiger partial charge in [-0.3, -0.25) is 19.2 Å². The van der Waals surface area contributed by atoms with Crippen LogP contribution < -0.4 is 14.5 Å². The second-order valence-corrected chi connectivity index (χ2v) is 9.28. The fourth-order valence-electron chi connectivity index (χ4n) is 5.15. The summed E-state index contributed by atoms with van der Waals surface area (Å²) in [6.07, 6.45) is 5.09. The molecule has 2 saturated heterocycles. The van der Waals surface area contributed by atoms with Gasteiger partial charge in [0.25, 0.3) is 0 Å². The summed E-state index contributed by atoms with van der Waals surface area (Å²) >= 11 is 0. The molecule has 174 valence electrons. The Balaban J connectivity index is 1.30. The standard InChI is InChI=1S/C27H26N2O5/c1-16-10-11-23(17(2)12-16)28-15-18(13-24(28)30)27(33)34-20-7-5-6-19(14-20)29-25(31)21-8-3-4-9-22(21)26(29)32/h3-7,10-12,14,18,21-22H,8-9,13,15H2,1-2H3/t18-,21+,22+/m1/s1. The van der Waals surface area contributed by atoms with Gasteiger partial charge in [0.15, 0.2) is 0 Å². The minimum Gasteiger partial charge on any atom is -0.426 e. The molecule has 0 bridgehead atoms. The third-order valence-electron chi connectivity index (χ3n) is 6.90. The van der Waals surface area contributed by atoms with Crippen molar-refractivity contribution in [1.29, 1.82) is 0 Å². The maximum atomic E-state index is 12.9. The number of nitrogens with zero attached hydrogens (tertiary/aromatic N) is 2. The van der Waals surface area contributed by atoms with Crippen LogP contribution in [0.5, 0.6) is 5.75 Å². The number of hydrogen-bond donors (Lipinski definition) is 0. The molecule has 3 amide bonds. The fourth-order valence-corrected chi connectivity index (χ4v) is 5.15. The number of benzene rings is 2. The predicted molar refractivity (Wildman–Crippen MR) is 126 cm³/mol. The lowest BCUT2D eigenvalue weighted by Crippen LogP contribution is -2.31. The van der Waals surface area contributed by atoms with Crippen LogP contribution in [0.2, 0.25) is 0 Å². The molecule has 0 N–H and O–H groups in total. The van der Waals surface area contributed by atoms with Gasteiger partial charge in [-0.15, -0.1) is 0 Å². The highest BCUT2D eigenvalue weighted by molar-refractivity contribution is 6.22.